The highest BCUT2D eigenvalue weighted by Gasteiger charge is 2.22. The van der Waals surface area contributed by atoms with Crippen LogP contribution in [0.3, 0.4) is 0 Å². The maximum absolute atomic E-state index is 2.44. The summed E-state index contributed by atoms with van der Waals surface area (Å²) in [6.07, 6.45) is 0. The van der Waals surface area contributed by atoms with Gasteiger partial charge in [0.1, 0.15) is 0 Å². The fourth-order valence-corrected chi connectivity index (χ4v) is 7.62. The Kier molecular flexibility index (Phi) is 4.51. The predicted molar refractivity (Wildman–Crippen MR) is 183 cm³/mol. The van der Waals surface area contributed by atoms with Crippen molar-refractivity contribution in [2.45, 2.75) is 0 Å². The molecule has 1 heterocycles. The standard InChI is InChI=1S/C42H25N/c1-2-12-30-26(9-1)19-20-28-24-41-39(25-38(28)30)34-15-5-6-18-40(34)43(41)29-11-7-10-27(23-29)31-21-22-37-33-14-4-3-13-32(33)36-17-8-16-35(31)42(36)37/h1-25H. The van der Waals surface area contributed by atoms with Gasteiger partial charge in [0, 0.05) is 16.5 Å². The van der Waals surface area contributed by atoms with Gasteiger partial charge in [0.2, 0.25) is 0 Å². The smallest absolute Gasteiger partial charge is 0.0547 e. The van der Waals surface area contributed by atoms with E-state index in [9.17, 15) is 0 Å². The summed E-state index contributed by atoms with van der Waals surface area (Å²) in [5.74, 6) is 0. The molecule has 1 aromatic heterocycles. The van der Waals surface area contributed by atoms with E-state index in [1.165, 1.54) is 93.2 Å². The number of fused-ring (bicyclic) bond motifs is 9. The Labute approximate surface area is 248 Å². The van der Waals surface area contributed by atoms with Gasteiger partial charge in [0.15, 0.2) is 0 Å². The third kappa shape index (κ3) is 3.11. The van der Waals surface area contributed by atoms with E-state index in [0.717, 1.165) is 0 Å². The van der Waals surface area contributed by atoms with Crippen LogP contribution in [0.4, 0.5) is 0 Å². The van der Waals surface area contributed by atoms with Gasteiger partial charge in [-0.3, -0.25) is 0 Å². The fraction of sp³-hybridized carbons (Fsp3) is 0. The van der Waals surface area contributed by atoms with Crippen molar-refractivity contribution < 1.29 is 0 Å². The van der Waals surface area contributed by atoms with Crippen LogP contribution in [0, 0.1) is 0 Å². The first-order valence-electron chi connectivity index (χ1n) is 14.9. The summed E-state index contributed by atoms with van der Waals surface area (Å²) >= 11 is 0. The Bertz CT molecular complexity index is 2590. The number of nitrogens with zero attached hydrogens (tertiary/aromatic N) is 1. The largest absolute Gasteiger partial charge is 0.309 e. The highest BCUT2D eigenvalue weighted by atomic mass is 15.0. The zero-order valence-corrected chi connectivity index (χ0v) is 23.4. The van der Waals surface area contributed by atoms with E-state index >= 15 is 0 Å². The van der Waals surface area contributed by atoms with Gasteiger partial charge in [-0.2, -0.15) is 0 Å². The van der Waals surface area contributed by atoms with Crippen LogP contribution in [-0.4, -0.2) is 4.57 Å². The van der Waals surface area contributed by atoms with Crippen LogP contribution >= 0.6 is 0 Å². The third-order valence-corrected chi connectivity index (χ3v) is 9.50. The highest BCUT2D eigenvalue weighted by molar-refractivity contribution is 6.20. The number of hydrogen-bond acceptors (Lipinski definition) is 0. The highest BCUT2D eigenvalue weighted by Crippen LogP contribution is 2.49. The molecule has 0 saturated heterocycles. The predicted octanol–water partition coefficient (Wildman–Crippen LogP) is 11.6. The molecule has 1 aliphatic rings. The second-order valence-electron chi connectivity index (χ2n) is 11.7. The SMILES string of the molecule is c1cc(-c2ccc3c4c(cccc24)-c2ccccc2-3)cc(-n2c3ccccc3c3cc4c(ccc5ccccc54)cc32)c1. The molecule has 1 heteroatoms. The first-order chi connectivity index (χ1) is 21.3. The molecular weight excluding hydrogens is 518 g/mol. The van der Waals surface area contributed by atoms with E-state index in [2.05, 4.69) is 156 Å². The van der Waals surface area contributed by atoms with Crippen molar-refractivity contribution in [1.29, 1.82) is 0 Å². The molecule has 0 unspecified atom stereocenters. The second kappa shape index (κ2) is 8.44. The van der Waals surface area contributed by atoms with Crippen molar-refractivity contribution in [2.75, 3.05) is 0 Å². The molecule has 0 N–H and O–H groups in total. The molecule has 0 saturated carbocycles. The normalized spacial score (nSPS) is 12.2. The van der Waals surface area contributed by atoms with Gasteiger partial charge in [-0.05, 0) is 96.0 Å². The summed E-state index contributed by atoms with van der Waals surface area (Å²) < 4.78 is 2.44. The molecule has 0 bridgehead atoms. The Hall–Kier alpha value is -5.66. The Morgan fingerprint density at radius 1 is 0.326 bits per heavy atom. The van der Waals surface area contributed by atoms with E-state index in [0.29, 0.717) is 0 Å². The quantitative estimate of drug-likeness (QED) is 0.191. The summed E-state index contributed by atoms with van der Waals surface area (Å²) in [6, 6.07) is 56.0. The minimum absolute atomic E-state index is 1.18. The number of hydrogen-bond donors (Lipinski definition) is 0. The van der Waals surface area contributed by atoms with Crippen molar-refractivity contribution in [3.05, 3.63) is 152 Å². The van der Waals surface area contributed by atoms with Gasteiger partial charge in [0.05, 0.1) is 11.0 Å². The molecule has 0 fully saturated rings. The van der Waals surface area contributed by atoms with Crippen LogP contribution in [0.2, 0.25) is 0 Å². The van der Waals surface area contributed by atoms with Crippen LogP contribution in [0.5, 0.6) is 0 Å². The van der Waals surface area contributed by atoms with Crippen LogP contribution in [0.15, 0.2) is 152 Å². The van der Waals surface area contributed by atoms with Gasteiger partial charge < -0.3 is 4.57 Å². The molecule has 10 rings (SSSR count). The molecule has 43 heavy (non-hydrogen) atoms. The number of benzene rings is 8. The number of aromatic nitrogens is 1. The summed E-state index contributed by atoms with van der Waals surface area (Å²) in [5.41, 5.74) is 11.5. The second-order valence-corrected chi connectivity index (χ2v) is 11.7. The summed E-state index contributed by atoms with van der Waals surface area (Å²) in [5, 5.41) is 10.4. The van der Waals surface area contributed by atoms with E-state index in [4.69, 9.17) is 0 Å². The Morgan fingerprint density at radius 3 is 1.91 bits per heavy atom. The summed E-state index contributed by atoms with van der Waals surface area (Å²) in [4.78, 5) is 0. The van der Waals surface area contributed by atoms with E-state index in [1.54, 1.807) is 0 Å². The lowest BCUT2D eigenvalue weighted by Gasteiger charge is -2.13. The maximum atomic E-state index is 2.44. The maximum Gasteiger partial charge on any atom is 0.0547 e. The van der Waals surface area contributed by atoms with Gasteiger partial charge in [-0.1, -0.05) is 121 Å². The van der Waals surface area contributed by atoms with Crippen molar-refractivity contribution in [2.24, 2.45) is 0 Å². The Balaban J connectivity index is 1.23. The van der Waals surface area contributed by atoms with Gasteiger partial charge >= 0.3 is 0 Å². The molecule has 0 atom stereocenters. The molecule has 0 spiro atoms. The minimum atomic E-state index is 1.18. The molecule has 0 amide bonds. The number of para-hydroxylation sites is 1. The van der Waals surface area contributed by atoms with Crippen molar-refractivity contribution in [1.82, 2.24) is 4.57 Å². The summed E-state index contributed by atoms with van der Waals surface area (Å²) in [6.45, 7) is 0. The van der Waals surface area contributed by atoms with Gasteiger partial charge in [-0.25, -0.2) is 0 Å². The first-order valence-corrected chi connectivity index (χ1v) is 14.9. The topological polar surface area (TPSA) is 4.93 Å². The molecule has 1 nitrogen and oxygen atoms in total. The van der Waals surface area contributed by atoms with E-state index in [1.807, 2.05) is 0 Å². The van der Waals surface area contributed by atoms with E-state index in [-0.39, 0.29) is 0 Å². The van der Waals surface area contributed by atoms with Crippen LogP contribution in [-0.2, 0) is 0 Å². The lowest BCUT2D eigenvalue weighted by molar-refractivity contribution is 1.18. The van der Waals surface area contributed by atoms with Gasteiger partial charge in [0.25, 0.3) is 0 Å². The van der Waals surface area contributed by atoms with E-state index < -0.39 is 0 Å². The zero-order chi connectivity index (χ0) is 28.1. The number of rotatable bonds is 2. The summed E-state index contributed by atoms with van der Waals surface area (Å²) in [7, 11) is 0. The first kappa shape index (κ1) is 23.0. The molecule has 9 aromatic rings. The fourth-order valence-electron chi connectivity index (χ4n) is 7.62. The zero-order valence-electron chi connectivity index (χ0n) is 23.4. The van der Waals surface area contributed by atoms with Crippen LogP contribution in [0.1, 0.15) is 0 Å². The molecule has 198 valence electrons. The van der Waals surface area contributed by atoms with Crippen molar-refractivity contribution in [3.63, 3.8) is 0 Å². The molecule has 1 aliphatic carbocycles. The molecule has 0 aliphatic heterocycles. The molecule has 8 aromatic carbocycles. The van der Waals surface area contributed by atoms with Crippen LogP contribution in [0.25, 0.3) is 93.2 Å². The minimum Gasteiger partial charge on any atom is -0.309 e. The average Bonchev–Trinajstić information content (AvgIpc) is 3.57. The lowest BCUT2D eigenvalue weighted by atomic mass is 9.94. The molecular formula is C42H25N. The van der Waals surface area contributed by atoms with Gasteiger partial charge in [-0.15, -0.1) is 0 Å². The monoisotopic (exact) mass is 543 g/mol. The average molecular weight is 544 g/mol. The molecule has 0 radical (unpaired) electrons. The van der Waals surface area contributed by atoms with Crippen molar-refractivity contribution >= 4 is 54.1 Å². The van der Waals surface area contributed by atoms with Crippen LogP contribution < -0.4 is 0 Å². The Morgan fingerprint density at radius 2 is 1.00 bits per heavy atom. The lowest BCUT2D eigenvalue weighted by Crippen LogP contribution is -1.94. The van der Waals surface area contributed by atoms with Crippen molar-refractivity contribution in [3.8, 4) is 39.1 Å². The third-order valence-electron chi connectivity index (χ3n) is 9.50.